The molecule has 24 heavy (non-hydrogen) atoms. The molecule has 3 aromatic rings. The molecule has 0 aliphatic carbocycles. The number of hydrogen-bond donors (Lipinski definition) is 2. The van der Waals surface area contributed by atoms with Gasteiger partial charge in [-0.3, -0.25) is 14.5 Å². The van der Waals surface area contributed by atoms with E-state index in [2.05, 4.69) is 47.0 Å². The molecular formula is C15H18N8O. The van der Waals surface area contributed by atoms with Crippen molar-refractivity contribution in [3.63, 3.8) is 0 Å². The summed E-state index contributed by atoms with van der Waals surface area (Å²) in [5, 5.41) is 22.4. The van der Waals surface area contributed by atoms with Crippen LogP contribution in [0, 0.1) is 0 Å². The summed E-state index contributed by atoms with van der Waals surface area (Å²) in [6.45, 7) is 3.70. The number of H-pyrrole nitrogens is 2. The van der Waals surface area contributed by atoms with Gasteiger partial charge in [0.1, 0.15) is 5.69 Å². The zero-order valence-corrected chi connectivity index (χ0v) is 13.3. The number of aromatic amines is 2. The zero-order chi connectivity index (χ0) is 16.5. The number of nitrogens with one attached hydrogen (secondary N) is 2. The van der Waals surface area contributed by atoms with Crippen molar-refractivity contribution >= 4 is 5.95 Å². The number of anilines is 1. The van der Waals surface area contributed by atoms with E-state index in [1.54, 1.807) is 12.3 Å². The summed E-state index contributed by atoms with van der Waals surface area (Å²) < 4.78 is 2.07. The van der Waals surface area contributed by atoms with Crippen LogP contribution in [0.25, 0.3) is 11.5 Å². The van der Waals surface area contributed by atoms with E-state index in [1.165, 1.54) is 6.07 Å². The predicted molar refractivity (Wildman–Crippen MR) is 87.5 cm³/mol. The fourth-order valence-corrected chi connectivity index (χ4v) is 3.23. The average Bonchev–Trinajstić information content (AvgIpc) is 3.33. The van der Waals surface area contributed by atoms with E-state index >= 15 is 0 Å². The van der Waals surface area contributed by atoms with Crippen molar-refractivity contribution in [2.45, 2.75) is 32.4 Å². The summed E-state index contributed by atoms with van der Waals surface area (Å²) in [5.41, 5.74) is 1.50. The van der Waals surface area contributed by atoms with Crippen molar-refractivity contribution in [3.05, 3.63) is 40.4 Å². The molecule has 4 heterocycles. The van der Waals surface area contributed by atoms with Crippen LogP contribution in [0.15, 0.2) is 29.2 Å². The van der Waals surface area contributed by atoms with Crippen LogP contribution < -0.4 is 10.5 Å². The molecule has 2 N–H and O–H groups in total. The number of rotatable bonds is 4. The molecule has 9 heteroatoms. The Kier molecular flexibility index (Phi) is 3.60. The van der Waals surface area contributed by atoms with Gasteiger partial charge in [0.15, 0.2) is 5.82 Å². The van der Waals surface area contributed by atoms with Crippen LogP contribution in [0.2, 0.25) is 0 Å². The fraction of sp³-hybridized carbons (Fsp3) is 0.400. The molecule has 124 valence electrons. The maximum Gasteiger partial charge on any atom is 0.264 e. The van der Waals surface area contributed by atoms with Gasteiger partial charge in [0.2, 0.25) is 5.95 Å². The summed E-state index contributed by atoms with van der Waals surface area (Å²) >= 11 is 0. The summed E-state index contributed by atoms with van der Waals surface area (Å²) in [4.78, 5) is 13.5. The Morgan fingerprint density at radius 3 is 2.88 bits per heavy atom. The number of aromatic nitrogens is 7. The standard InChI is InChI=1S/C15H18N8O/c1-2-22-14(11-7-8-16-17-11)20-21-15(22)23-9-3-4-12(23)10-5-6-13(24)19-18-10/h5-8,12H,2-4,9H2,1H3,(H,16,17)(H,19,24). The first-order chi connectivity index (χ1) is 11.8. The molecule has 1 fully saturated rings. The fourth-order valence-electron chi connectivity index (χ4n) is 3.23. The molecule has 4 rings (SSSR count). The highest BCUT2D eigenvalue weighted by atomic mass is 16.1. The molecule has 0 radical (unpaired) electrons. The molecule has 1 aliphatic rings. The minimum absolute atomic E-state index is 0.0889. The second-order valence-corrected chi connectivity index (χ2v) is 5.74. The van der Waals surface area contributed by atoms with Crippen molar-refractivity contribution in [3.8, 4) is 11.5 Å². The summed E-state index contributed by atoms with van der Waals surface area (Å²) in [5.74, 6) is 1.59. The van der Waals surface area contributed by atoms with E-state index in [-0.39, 0.29) is 11.6 Å². The Hall–Kier alpha value is -2.97. The molecule has 0 amide bonds. The molecular weight excluding hydrogens is 308 g/mol. The topological polar surface area (TPSA) is 108 Å². The number of hydrogen-bond acceptors (Lipinski definition) is 6. The van der Waals surface area contributed by atoms with Crippen molar-refractivity contribution < 1.29 is 0 Å². The molecule has 1 atom stereocenters. The first-order valence-corrected chi connectivity index (χ1v) is 8.03. The molecule has 1 saturated heterocycles. The first kappa shape index (κ1) is 14.6. The van der Waals surface area contributed by atoms with Gasteiger partial charge in [-0.15, -0.1) is 10.2 Å². The van der Waals surface area contributed by atoms with Gasteiger partial charge in [0.25, 0.3) is 5.56 Å². The Morgan fingerprint density at radius 2 is 2.17 bits per heavy atom. The van der Waals surface area contributed by atoms with Crippen LogP contribution in [0.5, 0.6) is 0 Å². The third-order valence-electron chi connectivity index (χ3n) is 4.34. The van der Waals surface area contributed by atoms with E-state index in [4.69, 9.17) is 0 Å². The number of nitrogens with zero attached hydrogens (tertiary/aromatic N) is 6. The molecule has 0 aromatic carbocycles. The summed E-state index contributed by atoms with van der Waals surface area (Å²) in [6, 6.07) is 5.26. The Labute approximate surface area is 137 Å². The van der Waals surface area contributed by atoms with E-state index < -0.39 is 0 Å². The Balaban J connectivity index is 1.72. The maximum atomic E-state index is 11.3. The van der Waals surface area contributed by atoms with Crippen LogP contribution >= 0.6 is 0 Å². The second kappa shape index (κ2) is 5.91. The highest BCUT2D eigenvalue weighted by Crippen LogP contribution is 2.35. The monoisotopic (exact) mass is 326 g/mol. The summed E-state index contributed by atoms with van der Waals surface area (Å²) in [7, 11) is 0. The lowest BCUT2D eigenvalue weighted by Gasteiger charge is -2.25. The smallest absolute Gasteiger partial charge is 0.264 e. The largest absolute Gasteiger partial charge is 0.332 e. The molecule has 0 bridgehead atoms. The van der Waals surface area contributed by atoms with Crippen LogP contribution in [-0.4, -0.2) is 41.7 Å². The van der Waals surface area contributed by atoms with Crippen LogP contribution in [0.1, 0.15) is 31.5 Å². The Bertz CT molecular complexity index is 861. The molecule has 0 spiro atoms. The van der Waals surface area contributed by atoms with Gasteiger partial charge in [-0.25, -0.2) is 5.10 Å². The van der Waals surface area contributed by atoms with Crippen molar-refractivity contribution in [1.82, 2.24) is 35.2 Å². The maximum absolute atomic E-state index is 11.3. The highest BCUT2D eigenvalue weighted by molar-refractivity contribution is 5.53. The lowest BCUT2D eigenvalue weighted by Crippen LogP contribution is -2.27. The van der Waals surface area contributed by atoms with Crippen molar-refractivity contribution in [2.24, 2.45) is 0 Å². The van der Waals surface area contributed by atoms with Gasteiger partial charge in [-0.1, -0.05) is 0 Å². The third-order valence-corrected chi connectivity index (χ3v) is 4.34. The second-order valence-electron chi connectivity index (χ2n) is 5.74. The van der Waals surface area contributed by atoms with Crippen LogP contribution in [-0.2, 0) is 6.54 Å². The molecule has 1 aliphatic heterocycles. The van der Waals surface area contributed by atoms with E-state index in [1.807, 2.05) is 6.07 Å². The Morgan fingerprint density at radius 1 is 1.25 bits per heavy atom. The van der Waals surface area contributed by atoms with Gasteiger partial charge in [0.05, 0.1) is 11.7 Å². The van der Waals surface area contributed by atoms with Gasteiger partial charge >= 0.3 is 0 Å². The van der Waals surface area contributed by atoms with Crippen LogP contribution in [0.4, 0.5) is 5.95 Å². The average molecular weight is 326 g/mol. The van der Waals surface area contributed by atoms with Crippen molar-refractivity contribution in [1.29, 1.82) is 0 Å². The lowest BCUT2D eigenvalue weighted by molar-refractivity contribution is 0.638. The van der Waals surface area contributed by atoms with E-state index in [9.17, 15) is 4.79 Å². The zero-order valence-electron chi connectivity index (χ0n) is 13.3. The van der Waals surface area contributed by atoms with Crippen molar-refractivity contribution in [2.75, 3.05) is 11.4 Å². The van der Waals surface area contributed by atoms with Gasteiger partial charge in [0, 0.05) is 25.4 Å². The van der Waals surface area contributed by atoms with E-state index in [0.29, 0.717) is 0 Å². The van der Waals surface area contributed by atoms with Gasteiger partial charge < -0.3 is 4.90 Å². The molecule has 3 aromatic heterocycles. The molecule has 1 unspecified atom stereocenters. The lowest BCUT2D eigenvalue weighted by atomic mass is 10.1. The summed E-state index contributed by atoms with van der Waals surface area (Å²) in [6.07, 6.45) is 3.71. The van der Waals surface area contributed by atoms with Gasteiger partial charge in [-0.2, -0.15) is 10.2 Å². The normalized spacial score (nSPS) is 17.5. The van der Waals surface area contributed by atoms with Gasteiger partial charge in [-0.05, 0) is 31.9 Å². The molecule has 0 saturated carbocycles. The quantitative estimate of drug-likeness (QED) is 0.743. The molecule has 9 nitrogen and oxygen atoms in total. The third kappa shape index (κ3) is 2.38. The minimum atomic E-state index is -0.193. The minimum Gasteiger partial charge on any atom is -0.332 e. The van der Waals surface area contributed by atoms with Crippen LogP contribution in [0.3, 0.4) is 0 Å². The SMILES string of the molecule is CCn1c(-c2ccn[nH]2)nnc1N1CCCC1c1ccc(=O)[nH]n1. The highest BCUT2D eigenvalue weighted by Gasteiger charge is 2.31. The van der Waals surface area contributed by atoms with E-state index in [0.717, 1.165) is 49.1 Å². The predicted octanol–water partition coefficient (Wildman–Crippen LogP) is 1.11. The first-order valence-electron chi connectivity index (χ1n) is 8.03.